The van der Waals surface area contributed by atoms with Crippen LogP contribution in [0.2, 0.25) is 0 Å². The Hall–Kier alpha value is -6.76. The van der Waals surface area contributed by atoms with Crippen LogP contribution in [0.5, 0.6) is 0 Å². The number of amidine groups is 2. The molecule has 4 aliphatic carbocycles. The van der Waals surface area contributed by atoms with Crippen molar-refractivity contribution in [1.82, 2.24) is 49.5 Å². The van der Waals surface area contributed by atoms with E-state index in [2.05, 4.69) is 50.7 Å². The number of nitrogens with zero attached hydrogens (tertiary/aromatic N) is 12. The van der Waals surface area contributed by atoms with Gasteiger partial charge in [0.15, 0.2) is 22.0 Å². The Bertz CT molecular complexity index is 2760. The third kappa shape index (κ3) is 9.46. The number of anilines is 2. The van der Waals surface area contributed by atoms with Crippen molar-refractivity contribution in [3.8, 4) is 11.6 Å². The average Bonchev–Trinajstić information content (AvgIpc) is 4.06. The first kappa shape index (κ1) is 45.7. The highest BCUT2D eigenvalue weighted by atomic mass is 32.2. The summed E-state index contributed by atoms with van der Waals surface area (Å²) in [5, 5.41) is 14.5. The number of hydrogen-bond donors (Lipinski definition) is 4. The number of benzene rings is 2. The molecule has 6 heterocycles. The first-order valence-corrected chi connectivity index (χ1v) is 24.8. The summed E-state index contributed by atoms with van der Waals surface area (Å²) in [5.41, 5.74) is 12.6. The second kappa shape index (κ2) is 18.9. The summed E-state index contributed by atoms with van der Waals surface area (Å²) in [4.78, 5) is 59.7. The van der Waals surface area contributed by atoms with Crippen LogP contribution >= 0.6 is 23.5 Å². The molecule has 360 valence electrons. The van der Waals surface area contributed by atoms with E-state index >= 15 is 8.78 Å². The molecule has 2 aliphatic heterocycles. The molecule has 4 fully saturated rings. The van der Waals surface area contributed by atoms with Crippen molar-refractivity contribution in [2.24, 2.45) is 33.3 Å². The fraction of sp³-hybridized carbons (Fsp3) is 0.391. The molecule has 4 aromatic heterocycles. The van der Waals surface area contributed by atoms with E-state index in [9.17, 15) is 9.59 Å². The van der Waals surface area contributed by atoms with Gasteiger partial charge in [-0.05, 0) is 74.9 Å². The summed E-state index contributed by atoms with van der Waals surface area (Å²) in [7, 11) is 0. The van der Waals surface area contributed by atoms with Gasteiger partial charge in [-0.25, -0.2) is 48.0 Å². The molecule has 4 saturated carbocycles. The van der Waals surface area contributed by atoms with Crippen molar-refractivity contribution in [3.05, 3.63) is 121 Å². The number of nitrogens with one attached hydrogen (secondary N) is 2. The Balaban J connectivity index is 0.000000152. The minimum absolute atomic E-state index is 0.0131. The SMILES string of the molecule is NC1=NC2(c3cc(NC(=O)c4cnc(-n5cncn5)cn4)ccc3F)CC(OC3CC3)CC2CS1.NC1=NC2(c3cc(NC(=O)c4cnc(-n5cncn5)cn4)ccc3F)CC(OC3CC3)CC2CS1. The Kier molecular flexibility index (Phi) is 12.3. The average molecular weight is 989 g/mol. The van der Waals surface area contributed by atoms with E-state index in [-0.39, 0.29) is 47.1 Å². The predicted octanol–water partition coefficient (Wildman–Crippen LogP) is 5.33. The second-order valence-electron chi connectivity index (χ2n) is 18.1. The first-order chi connectivity index (χ1) is 34.0. The number of halogens is 2. The van der Waals surface area contributed by atoms with Gasteiger partial charge in [0, 0.05) is 58.7 Å². The molecule has 6 aliphatic rings. The van der Waals surface area contributed by atoms with Gasteiger partial charge in [-0.15, -0.1) is 0 Å². The molecular weight excluding hydrogens is 943 g/mol. The van der Waals surface area contributed by atoms with Crippen molar-refractivity contribution in [3.63, 3.8) is 0 Å². The second-order valence-corrected chi connectivity index (χ2v) is 20.1. The smallest absolute Gasteiger partial charge is 0.275 e. The van der Waals surface area contributed by atoms with Gasteiger partial charge in [-0.3, -0.25) is 19.6 Å². The van der Waals surface area contributed by atoms with Crippen LogP contribution in [0.25, 0.3) is 11.6 Å². The molecule has 2 amide bonds. The number of aromatic nitrogens is 10. The van der Waals surface area contributed by atoms with Crippen LogP contribution in [0.1, 0.15) is 83.5 Å². The summed E-state index contributed by atoms with van der Waals surface area (Å²) in [6.07, 6.45) is 19.0. The van der Waals surface area contributed by atoms with Gasteiger partial charge in [0.25, 0.3) is 11.8 Å². The van der Waals surface area contributed by atoms with E-state index in [1.54, 1.807) is 12.1 Å². The molecule has 24 heteroatoms. The van der Waals surface area contributed by atoms with Gasteiger partial charge >= 0.3 is 0 Å². The van der Waals surface area contributed by atoms with Crippen molar-refractivity contribution in [1.29, 1.82) is 0 Å². The van der Waals surface area contributed by atoms with Gasteiger partial charge in [-0.2, -0.15) is 10.2 Å². The molecule has 20 nitrogen and oxygen atoms in total. The summed E-state index contributed by atoms with van der Waals surface area (Å²) in [6, 6.07) is 9.08. The number of nitrogens with two attached hydrogens (primary N) is 2. The Morgan fingerprint density at radius 3 is 1.44 bits per heavy atom. The molecule has 0 spiro atoms. The number of thioether (sulfide) groups is 2. The fourth-order valence-electron chi connectivity index (χ4n) is 9.70. The number of aliphatic imine (C=N–C) groups is 2. The van der Waals surface area contributed by atoms with Gasteiger partial charge < -0.3 is 31.6 Å². The van der Waals surface area contributed by atoms with Gasteiger partial charge in [0.1, 0.15) is 48.3 Å². The summed E-state index contributed by atoms with van der Waals surface area (Å²) < 4.78 is 45.8. The van der Waals surface area contributed by atoms with E-state index in [0.717, 1.165) is 50.0 Å². The zero-order chi connectivity index (χ0) is 48.0. The number of rotatable bonds is 12. The van der Waals surface area contributed by atoms with Crippen molar-refractivity contribution in [2.75, 3.05) is 22.1 Å². The highest BCUT2D eigenvalue weighted by molar-refractivity contribution is 8.14. The quantitative estimate of drug-likeness (QED) is 0.121. The lowest BCUT2D eigenvalue weighted by molar-refractivity contribution is 0.0399. The number of carbonyl (C=O) groups is 2. The lowest BCUT2D eigenvalue weighted by Crippen LogP contribution is -2.37. The van der Waals surface area contributed by atoms with Crippen molar-refractivity contribution in [2.45, 2.75) is 86.9 Å². The molecule has 12 rings (SSSR count). The third-order valence-corrected chi connectivity index (χ3v) is 15.2. The van der Waals surface area contributed by atoms with Crippen molar-refractivity contribution < 1.29 is 27.8 Å². The summed E-state index contributed by atoms with van der Waals surface area (Å²) in [5.74, 6) is 0.897. The van der Waals surface area contributed by atoms with Crippen LogP contribution in [0.15, 0.2) is 96.5 Å². The third-order valence-electron chi connectivity index (χ3n) is 13.3. The van der Waals surface area contributed by atoms with Crippen LogP contribution in [-0.4, -0.2) is 108 Å². The minimum Gasteiger partial charge on any atom is -0.379 e. The highest BCUT2D eigenvalue weighted by Crippen LogP contribution is 2.55. The maximum Gasteiger partial charge on any atom is 0.275 e. The van der Waals surface area contributed by atoms with E-state index in [1.165, 1.54) is 107 Å². The van der Waals surface area contributed by atoms with Crippen molar-refractivity contribution >= 4 is 57.0 Å². The molecule has 0 saturated heterocycles. The predicted molar refractivity (Wildman–Crippen MR) is 255 cm³/mol. The molecule has 6 atom stereocenters. The zero-order valence-corrected chi connectivity index (χ0v) is 39.0. The number of carbonyl (C=O) groups excluding carboxylic acids is 2. The van der Waals surface area contributed by atoms with Crippen LogP contribution in [0, 0.1) is 23.5 Å². The maximum atomic E-state index is 15.2. The summed E-state index contributed by atoms with van der Waals surface area (Å²) >= 11 is 2.99. The van der Waals surface area contributed by atoms with E-state index < -0.39 is 22.9 Å². The molecule has 6 aromatic rings. The topological polar surface area (TPSA) is 266 Å². The number of hydrogen-bond acceptors (Lipinski definition) is 18. The van der Waals surface area contributed by atoms with Gasteiger partial charge in [-0.1, -0.05) is 23.5 Å². The first-order valence-electron chi connectivity index (χ1n) is 22.8. The normalized spacial score (nSPS) is 25.7. The lowest BCUT2D eigenvalue weighted by atomic mass is 9.81. The number of fused-ring (bicyclic) bond motifs is 2. The minimum atomic E-state index is -0.807. The molecule has 2 aromatic carbocycles. The molecule has 70 heavy (non-hydrogen) atoms. The maximum absolute atomic E-state index is 15.2. The van der Waals surface area contributed by atoms with Gasteiger partial charge in [0.2, 0.25) is 0 Å². The van der Waals surface area contributed by atoms with E-state index in [4.69, 9.17) is 30.9 Å². The Labute approximate surface area is 407 Å². The Morgan fingerprint density at radius 2 is 1.07 bits per heavy atom. The van der Waals surface area contributed by atoms with Crippen LogP contribution in [-0.2, 0) is 20.6 Å². The van der Waals surface area contributed by atoms with E-state index in [0.29, 0.717) is 69.5 Å². The summed E-state index contributed by atoms with van der Waals surface area (Å²) in [6.45, 7) is 0. The molecule has 6 N–H and O–H groups in total. The Morgan fingerprint density at radius 1 is 0.629 bits per heavy atom. The highest BCUT2D eigenvalue weighted by Gasteiger charge is 2.54. The standard InChI is InChI=1S/2C23H23FN8O2S/c2*24-18-4-1-14(30-21(33)19-8-28-20(9-27-19)32-12-26-11-29-32)6-17(18)23-7-16(34-15-2-3-15)5-13(23)10-35-22(25)31-23/h2*1,4,6,8-9,11-13,15-16H,2-3,5,7,10H2,(H2,25,31)(H,30,33). The van der Waals surface area contributed by atoms with Gasteiger partial charge in [0.05, 0.1) is 60.3 Å². The number of amides is 2. The largest absolute Gasteiger partial charge is 0.379 e. The zero-order valence-electron chi connectivity index (χ0n) is 37.3. The fourth-order valence-corrected chi connectivity index (χ4v) is 11.7. The van der Waals surface area contributed by atoms with Crippen LogP contribution in [0.4, 0.5) is 20.2 Å². The van der Waals surface area contributed by atoms with Crippen LogP contribution in [0.3, 0.4) is 0 Å². The molecule has 0 radical (unpaired) electrons. The molecular formula is C46H46F2N16O4S2. The molecule has 0 bridgehead atoms. The molecule has 6 unspecified atom stereocenters. The van der Waals surface area contributed by atoms with Crippen LogP contribution < -0.4 is 22.1 Å². The lowest BCUT2D eigenvalue weighted by Gasteiger charge is -2.36. The monoisotopic (exact) mass is 988 g/mol. The van der Waals surface area contributed by atoms with E-state index in [1.807, 2.05) is 0 Å². The number of ether oxygens (including phenoxy) is 2.